The van der Waals surface area contributed by atoms with Crippen LogP contribution in [0.5, 0.6) is 5.75 Å². The zero-order valence-corrected chi connectivity index (χ0v) is 16.8. The van der Waals surface area contributed by atoms with E-state index < -0.39 is 5.60 Å². The van der Waals surface area contributed by atoms with Crippen molar-refractivity contribution in [3.63, 3.8) is 0 Å². The number of nitrogens with zero attached hydrogens (tertiary/aromatic N) is 1. The Morgan fingerprint density at radius 1 is 1.00 bits per heavy atom. The molecule has 29 heavy (non-hydrogen) atoms. The van der Waals surface area contributed by atoms with E-state index in [4.69, 9.17) is 4.74 Å². The van der Waals surface area contributed by atoms with E-state index in [-0.39, 0.29) is 18.4 Å². The minimum absolute atomic E-state index is 0.104. The summed E-state index contributed by atoms with van der Waals surface area (Å²) in [5, 5.41) is 16.5. The third kappa shape index (κ3) is 5.56. The van der Waals surface area contributed by atoms with Gasteiger partial charge in [0.05, 0.1) is 19.3 Å². The lowest BCUT2D eigenvalue weighted by Gasteiger charge is -2.38. The molecule has 1 aliphatic rings. The number of carbonyl (C=O) groups is 2. The van der Waals surface area contributed by atoms with Gasteiger partial charge in [0.1, 0.15) is 5.75 Å². The first-order chi connectivity index (χ1) is 13.9. The summed E-state index contributed by atoms with van der Waals surface area (Å²) in [6, 6.07) is 14.5. The van der Waals surface area contributed by atoms with Gasteiger partial charge in [-0.25, -0.2) is 0 Å². The normalized spacial score (nSPS) is 16.1. The molecule has 0 saturated carbocycles. The van der Waals surface area contributed by atoms with Crippen molar-refractivity contribution in [1.82, 2.24) is 4.90 Å². The number of piperidine rings is 1. The smallest absolute Gasteiger partial charge is 0.238 e. The van der Waals surface area contributed by atoms with Crippen LogP contribution in [-0.2, 0) is 15.2 Å². The number of anilines is 2. The quantitative estimate of drug-likeness (QED) is 0.697. The van der Waals surface area contributed by atoms with Crippen molar-refractivity contribution in [2.45, 2.75) is 25.4 Å². The second-order valence-corrected chi connectivity index (χ2v) is 7.34. The Hall–Kier alpha value is -2.90. The van der Waals surface area contributed by atoms with Crippen molar-refractivity contribution in [2.75, 3.05) is 37.4 Å². The molecular formula is C22H27N3O4. The molecule has 2 amide bonds. The minimum Gasteiger partial charge on any atom is -0.497 e. The summed E-state index contributed by atoms with van der Waals surface area (Å²) in [7, 11) is 1.62. The molecule has 3 rings (SSSR count). The Morgan fingerprint density at radius 2 is 1.55 bits per heavy atom. The summed E-state index contributed by atoms with van der Waals surface area (Å²) in [6.45, 7) is 2.99. The minimum atomic E-state index is -0.876. The maximum atomic E-state index is 12.3. The molecule has 0 aromatic heterocycles. The number of carbonyl (C=O) groups excluding carboxylic acids is 2. The Balaban J connectivity index is 1.49. The highest BCUT2D eigenvalue weighted by molar-refractivity contribution is 5.93. The summed E-state index contributed by atoms with van der Waals surface area (Å²) in [5.74, 6) is 0.519. The fraction of sp³-hybridized carbons (Fsp3) is 0.364. The van der Waals surface area contributed by atoms with Crippen LogP contribution in [-0.4, -0.2) is 48.6 Å². The van der Waals surface area contributed by atoms with Gasteiger partial charge in [-0.15, -0.1) is 0 Å². The second kappa shape index (κ2) is 9.07. The van der Waals surface area contributed by atoms with Crippen molar-refractivity contribution in [2.24, 2.45) is 0 Å². The van der Waals surface area contributed by atoms with Gasteiger partial charge in [0.2, 0.25) is 11.8 Å². The molecule has 0 aliphatic carbocycles. The molecule has 2 aromatic carbocycles. The Morgan fingerprint density at radius 3 is 2.07 bits per heavy atom. The number of ether oxygens (including phenoxy) is 1. The van der Waals surface area contributed by atoms with E-state index in [1.807, 2.05) is 29.2 Å². The largest absolute Gasteiger partial charge is 0.497 e. The van der Waals surface area contributed by atoms with E-state index in [0.717, 1.165) is 11.3 Å². The van der Waals surface area contributed by atoms with Gasteiger partial charge in [-0.3, -0.25) is 14.5 Å². The maximum Gasteiger partial charge on any atom is 0.238 e. The summed E-state index contributed by atoms with van der Waals surface area (Å²) in [4.78, 5) is 25.4. The topological polar surface area (TPSA) is 90.9 Å². The number of nitrogens with one attached hydrogen (secondary N) is 2. The van der Waals surface area contributed by atoms with E-state index in [9.17, 15) is 14.7 Å². The predicted octanol–water partition coefficient (Wildman–Crippen LogP) is 2.58. The Kier molecular flexibility index (Phi) is 6.51. The molecule has 154 valence electrons. The second-order valence-electron chi connectivity index (χ2n) is 7.34. The first-order valence-electron chi connectivity index (χ1n) is 9.65. The van der Waals surface area contributed by atoms with Crippen LogP contribution in [0.4, 0.5) is 11.4 Å². The van der Waals surface area contributed by atoms with Crippen LogP contribution < -0.4 is 15.4 Å². The van der Waals surface area contributed by atoms with Gasteiger partial charge >= 0.3 is 0 Å². The molecule has 1 aliphatic heterocycles. The number of benzene rings is 2. The first kappa shape index (κ1) is 20.8. The lowest BCUT2D eigenvalue weighted by atomic mass is 9.84. The third-order valence-electron chi connectivity index (χ3n) is 5.17. The molecule has 0 bridgehead atoms. The predicted molar refractivity (Wildman–Crippen MR) is 112 cm³/mol. The van der Waals surface area contributed by atoms with Crippen LogP contribution in [0.25, 0.3) is 0 Å². The number of hydrogen-bond acceptors (Lipinski definition) is 5. The van der Waals surface area contributed by atoms with Crippen LogP contribution in [0.2, 0.25) is 0 Å². The van der Waals surface area contributed by atoms with E-state index in [0.29, 0.717) is 37.3 Å². The third-order valence-corrected chi connectivity index (χ3v) is 5.17. The number of amides is 2. The van der Waals surface area contributed by atoms with E-state index >= 15 is 0 Å². The lowest BCUT2D eigenvalue weighted by molar-refractivity contribution is -0.118. The molecule has 0 atom stereocenters. The molecule has 1 fully saturated rings. The standard InChI is InChI=1S/C22H27N3O4/c1-16(26)23-18-5-7-19(8-6-18)24-21(27)15-25-13-11-22(28,12-14-25)17-3-9-20(29-2)10-4-17/h3-10,28H,11-15H2,1-2H3,(H,23,26)(H,24,27). The van der Waals surface area contributed by atoms with Gasteiger partial charge in [0.25, 0.3) is 0 Å². The van der Waals surface area contributed by atoms with Crippen molar-refractivity contribution in [1.29, 1.82) is 0 Å². The highest BCUT2D eigenvalue weighted by Gasteiger charge is 2.34. The number of aliphatic hydroxyl groups is 1. The Labute approximate surface area is 170 Å². The molecule has 1 heterocycles. The maximum absolute atomic E-state index is 12.3. The molecule has 7 nitrogen and oxygen atoms in total. The molecule has 0 spiro atoms. The molecule has 3 N–H and O–H groups in total. The van der Waals surface area contributed by atoms with Crippen molar-refractivity contribution in [3.05, 3.63) is 54.1 Å². The summed E-state index contributed by atoms with van der Waals surface area (Å²) >= 11 is 0. The van der Waals surface area contributed by atoms with Gasteiger partial charge in [0.15, 0.2) is 0 Å². The fourth-order valence-electron chi connectivity index (χ4n) is 3.51. The van der Waals surface area contributed by atoms with Crippen LogP contribution in [0, 0.1) is 0 Å². The zero-order chi connectivity index (χ0) is 20.9. The number of rotatable bonds is 6. The molecule has 7 heteroatoms. The van der Waals surface area contributed by atoms with Gasteiger partial charge in [0, 0.05) is 31.4 Å². The summed E-state index contributed by atoms with van der Waals surface area (Å²) < 4.78 is 5.17. The summed E-state index contributed by atoms with van der Waals surface area (Å²) in [5.41, 5.74) is 1.36. The van der Waals surface area contributed by atoms with Crippen LogP contribution in [0.15, 0.2) is 48.5 Å². The summed E-state index contributed by atoms with van der Waals surface area (Å²) in [6.07, 6.45) is 1.13. The van der Waals surface area contributed by atoms with E-state index in [1.165, 1.54) is 6.92 Å². The van der Waals surface area contributed by atoms with Crippen molar-refractivity contribution in [3.8, 4) is 5.75 Å². The van der Waals surface area contributed by atoms with Crippen molar-refractivity contribution < 1.29 is 19.4 Å². The van der Waals surface area contributed by atoms with E-state index in [2.05, 4.69) is 10.6 Å². The van der Waals surface area contributed by atoms with Crippen molar-refractivity contribution >= 4 is 23.2 Å². The SMILES string of the molecule is COc1ccc(C2(O)CCN(CC(=O)Nc3ccc(NC(C)=O)cc3)CC2)cc1. The van der Waals surface area contributed by atoms with Gasteiger partial charge in [-0.05, 0) is 54.8 Å². The Bertz CT molecular complexity index is 841. The monoisotopic (exact) mass is 397 g/mol. The van der Waals surface area contributed by atoms with Gasteiger partial charge < -0.3 is 20.5 Å². The van der Waals surface area contributed by atoms with Gasteiger partial charge in [-0.1, -0.05) is 12.1 Å². The van der Waals surface area contributed by atoms with E-state index in [1.54, 1.807) is 31.4 Å². The van der Waals surface area contributed by atoms with Crippen LogP contribution in [0.1, 0.15) is 25.3 Å². The number of likely N-dealkylation sites (tertiary alicyclic amines) is 1. The average Bonchev–Trinajstić information content (AvgIpc) is 2.71. The molecule has 2 aromatic rings. The zero-order valence-electron chi connectivity index (χ0n) is 16.8. The fourth-order valence-corrected chi connectivity index (χ4v) is 3.51. The average molecular weight is 397 g/mol. The highest BCUT2D eigenvalue weighted by atomic mass is 16.5. The molecule has 0 radical (unpaired) electrons. The molecule has 0 unspecified atom stereocenters. The molecular weight excluding hydrogens is 370 g/mol. The van der Waals surface area contributed by atoms with Gasteiger partial charge in [-0.2, -0.15) is 0 Å². The molecule has 1 saturated heterocycles. The first-order valence-corrected chi connectivity index (χ1v) is 9.65. The lowest BCUT2D eigenvalue weighted by Crippen LogP contribution is -2.45. The highest BCUT2D eigenvalue weighted by Crippen LogP contribution is 2.33. The van der Waals surface area contributed by atoms with Crippen LogP contribution in [0.3, 0.4) is 0 Å². The number of methoxy groups -OCH3 is 1. The van der Waals surface area contributed by atoms with Crippen LogP contribution >= 0.6 is 0 Å². The number of hydrogen-bond donors (Lipinski definition) is 3.